The number of hydrogen-bond donors (Lipinski definition) is 1. The fourth-order valence-corrected chi connectivity index (χ4v) is 2.39. The van der Waals surface area contributed by atoms with Gasteiger partial charge in [-0.3, -0.25) is 0 Å². The summed E-state index contributed by atoms with van der Waals surface area (Å²) in [5.41, 5.74) is 2.48. The smallest absolute Gasteiger partial charge is 0.0801 e. The Bertz CT molecular complexity index is 352. The van der Waals surface area contributed by atoms with Crippen molar-refractivity contribution in [1.82, 2.24) is 0 Å². The van der Waals surface area contributed by atoms with Gasteiger partial charge < -0.3 is 5.11 Å². The summed E-state index contributed by atoms with van der Waals surface area (Å²) in [5.74, 6) is 0. The molecule has 1 rings (SSSR count). The predicted molar refractivity (Wildman–Crippen MR) is 72.5 cm³/mol. The molecule has 0 saturated carbocycles. The molecule has 0 aromatic heterocycles. The molecule has 0 heterocycles. The Labute approximate surface area is 107 Å². The minimum Gasteiger partial charge on any atom is -0.388 e. The van der Waals surface area contributed by atoms with Crippen molar-refractivity contribution >= 4 is 15.9 Å². The maximum Gasteiger partial charge on any atom is 0.0801 e. The summed E-state index contributed by atoms with van der Waals surface area (Å²) in [6.45, 7) is 8.65. The monoisotopic (exact) mass is 284 g/mol. The Morgan fingerprint density at radius 2 is 1.94 bits per heavy atom. The molecular weight excluding hydrogens is 264 g/mol. The van der Waals surface area contributed by atoms with Gasteiger partial charge >= 0.3 is 0 Å². The van der Waals surface area contributed by atoms with E-state index in [-0.39, 0.29) is 11.5 Å². The third-order valence-corrected chi connectivity index (χ3v) is 3.37. The Kier molecular flexibility index (Phi) is 4.57. The van der Waals surface area contributed by atoms with Gasteiger partial charge in [0, 0.05) is 4.47 Å². The molecule has 0 aliphatic rings. The number of aliphatic hydroxyl groups is 1. The van der Waals surface area contributed by atoms with Crippen LogP contribution < -0.4 is 0 Å². The van der Waals surface area contributed by atoms with Crippen LogP contribution in [0.2, 0.25) is 0 Å². The third kappa shape index (κ3) is 4.26. The van der Waals surface area contributed by atoms with Crippen molar-refractivity contribution in [2.45, 2.75) is 46.6 Å². The maximum absolute atomic E-state index is 10.1. The Balaban J connectivity index is 2.70. The Morgan fingerprint density at radius 1 is 1.31 bits per heavy atom. The second kappa shape index (κ2) is 5.33. The number of hydrogen-bond acceptors (Lipinski definition) is 1. The van der Waals surface area contributed by atoms with E-state index in [9.17, 15) is 5.11 Å². The number of rotatable bonds is 3. The first-order chi connectivity index (χ1) is 7.29. The highest BCUT2D eigenvalue weighted by Crippen LogP contribution is 2.31. The molecule has 0 spiro atoms. The van der Waals surface area contributed by atoms with Crippen LogP contribution in [0.1, 0.15) is 50.8 Å². The first-order valence-electron chi connectivity index (χ1n) is 5.74. The normalized spacial score (nSPS) is 13.9. The largest absolute Gasteiger partial charge is 0.388 e. The molecule has 0 aliphatic heterocycles. The SMILES string of the molecule is Cc1ccc(C(O)CCC(C)(C)C)c(Br)c1. The second-order valence-corrected chi connectivity index (χ2v) is 6.49. The van der Waals surface area contributed by atoms with Gasteiger partial charge in [0.05, 0.1) is 6.10 Å². The van der Waals surface area contributed by atoms with E-state index < -0.39 is 0 Å². The summed E-state index contributed by atoms with van der Waals surface area (Å²) < 4.78 is 1.01. The van der Waals surface area contributed by atoms with E-state index in [1.165, 1.54) is 5.56 Å². The fraction of sp³-hybridized carbons (Fsp3) is 0.571. The second-order valence-electron chi connectivity index (χ2n) is 5.64. The number of aliphatic hydroxyl groups excluding tert-OH is 1. The van der Waals surface area contributed by atoms with Gasteiger partial charge in [-0.1, -0.05) is 48.8 Å². The van der Waals surface area contributed by atoms with Crippen LogP contribution in [0, 0.1) is 12.3 Å². The van der Waals surface area contributed by atoms with Crippen molar-refractivity contribution < 1.29 is 5.11 Å². The van der Waals surface area contributed by atoms with Gasteiger partial charge in [0.15, 0.2) is 0 Å². The molecule has 0 fully saturated rings. The minimum absolute atomic E-state index is 0.276. The average Bonchev–Trinajstić information content (AvgIpc) is 2.13. The molecule has 1 nitrogen and oxygen atoms in total. The van der Waals surface area contributed by atoms with Gasteiger partial charge in [-0.15, -0.1) is 0 Å². The topological polar surface area (TPSA) is 20.2 Å². The van der Waals surface area contributed by atoms with Crippen LogP contribution in [-0.4, -0.2) is 5.11 Å². The zero-order chi connectivity index (χ0) is 12.3. The summed E-state index contributed by atoms with van der Waals surface area (Å²) in [4.78, 5) is 0. The predicted octanol–water partition coefficient (Wildman–Crippen LogP) is 4.62. The Morgan fingerprint density at radius 3 is 2.44 bits per heavy atom. The lowest BCUT2D eigenvalue weighted by atomic mass is 9.88. The molecule has 0 radical (unpaired) electrons. The first kappa shape index (κ1) is 13.7. The average molecular weight is 285 g/mol. The standard InChI is InChI=1S/C14H21BrO/c1-10-5-6-11(12(15)9-10)13(16)7-8-14(2,3)4/h5-6,9,13,16H,7-8H2,1-4H3. The zero-order valence-electron chi connectivity index (χ0n) is 10.5. The van der Waals surface area contributed by atoms with Gasteiger partial charge in [-0.05, 0) is 42.4 Å². The summed E-state index contributed by atoms with van der Waals surface area (Å²) >= 11 is 3.51. The molecule has 2 heteroatoms. The number of halogens is 1. The molecule has 1 N–H and O–H groups in total. The number of benzene rings is 1. The van der Waals surface area contributed by atoms with Crippen LogP contribution in [0.15, 0.2) is 22.7 Å². The molecule has 0 bridgehead atoms. The molecule has 1 aromatic carbocycles. The van der Waals surface area contributed by atoms with E-state index in [1.807, 2.05) is 12.1 Å². The molecule has 0 saturated heterocycles. The molecule has 0 amide bonds. The van der Waals surface area contributed by atoms with Gasteiger partial charge in [0.25, 0.3) is 0 Å². The van der Waals surface area contributed by atoms with E-state index in [2.05, 4.69) is 49.7 Å². The first-order valence-corrected chi connectivity index (χ1v) is 6.53. The van der Waals surface area contributed by atoms with Gasteiger partial charge in [0.2, 0.25) is 0 Å². The van der Waals surface area contributed by atoms with E-state index in [4.69, 9.17) is 0 Å². The highest BCUT2D eigenvalue weighted by atomic mass is 79.9. The van der Waals surface area contributed by atoms with Crippen LogP contribution in [0.25, 0.3) is 0 Å². The van der Waals surface area contributed by atoms with E-state index in [1.54, 1.807) is 0 Å². The van der Waals surface area contributed by atoms with E-state index in [0.717, 1.165) is 22.9 Å². The lowest BCUT2D eigenvalue weighted by Crippen LogP contribution is -2.08. The number of aryl methyl sites for hydroxylation is 1. The van der Waals surface area contributed by atoms with Gasteiger partial charge in [-0.25, -0.2) is 0 Å². The summed E-state index contributed by atoms with van der Waals surface area (Å²) in [7, 11) is 0. The van der Waals surface area contributed by atoms with Gasteiger partial charge in [0.1, 0.15) is 0 Å². The molecule has 0 aliphatic carbocycles. The third-order valence-electron chi connectivity index (χ3n) is 2.68. The van der Waals surface area contributed by atoms with Crippen molar-refractivity contribution in [1.29, 1.82) is 0 Å². The van der Waals surface area contributed by atoms with E-state index >= 15 is 0 Å². The fourth-order valence-electron chi connectivity index (χ4n) is 1.63. The van der Waals surface area contributed by atoms with Crippen molar-refractivity contribution in [3.63, 3.8) is 0 Å². The van der Waals surface area contributed by atoms with Crippen LogP contribution in [-0.2, 0) is 0 Å². The lowest BCUT2D eigenvalue weighted by molar-refractivity contribution is 0.147. The Hall–Kier alpha value is -0.340. The van der Waals surface area contributed by atoms with E-state index in [0.29, 0.717) is 0 Å². The summed E-state index contributed by atoms with van der Waals surface area (Å²) in [6, 6.07) is 6.10. The van der Waals surface area contributed by atoms with Gasteiger partial charge in [-0.2, -0.15) is 0 Å². The highest BCUT2D eigenvalue weighted by molar-refractivity contribution is 9.10. The molecule has 1 unspecified atom stereocenters. The van der Waals surface area contributed by atoms with Crippen molar-refractivity contribution in [3.8, 4) is 0 Å². The minimum atomic E-state index is -0.366. The molecule has 1 aromatic rings. The molecule has 16 heavy (non-hydrogen) atoms. The summed E-state index contributed by atoms with van der Waals surface area (Å²) in [6.07, 6.45) is 1.47. The lowest BCUT2D eigenvalue weighted by Gasteiger charge is -2.21. The molecular formula is C14H21BrO. The quantitative estimate of drug-likeness (QED) is 0.859. The van der Waals surface area contributed by atoms with Crippen molar-refractivity contribution in [3.05, 3.63) is 33.8 Å². The highest BCUT2D eigenvalue weighted by Gasteiger charge is 2.16. The van der Waals surface area contributed by atoms with Crippen molar-refractivity contribution in [2.75, 3.05) is 0 Å². The molecule has 90 valence electrons. The van der Waals surface area contributed by atoms with Crippen molar-refractivity contribution in [2.24, 2.45) is 5.41 Å². The van der Waals surface area contributed by atoms with Crippen LogP contribution in [0.5, 0.6) is 0 Å². The molecule has 1 atom stereocenters. The maximum atomic E-state index is 10.1. The van der Waals surface area contributed by atoms with Crippen LogP contribution in [0.3, 0.4) is 0 Å². The zero-order valence-corrected chi connectivity index (χ0v) is 12.1. The van der Waals surface area contributed by atoms with Crippen LogP contribution >= 0.6 is 15.9 Å². The van der Waals surface area contributed by atoms with Crippen LogP contribution in [0.4, 0.5) is 0 Å². The summed E-state index contributed by atoms with van der Waals surface area (Å²) in [5, 5.41) is 10.1.